The van der Waals surface area contributed by atoms with E-state index in [1.54, 1.807) is 31.3 Å². The molecule has 0 aliphatic carbocycles. The zero-order chi connectivity index (χ0) is 46.9. The molecule has 3 saturated heterocycles. The third-order valence-corrected chi connectivity index (χ3v) is 15.9. The van der Waals surface area contributed by atoms with E-state index in [2.05, 4.69) is 119 Å². The van der Waals surface area contributed by atoms with E-state index in [1.807, 2.05) is 24.3 Å². The number of likely N-dealkylation sites (tertiary alicyclic amines) is 3. The Bertz CT molecular complexity index is 2120. The van der Waals surface area contributed by atoms with E-state index in [9.17, 15) is 13.2 Å². The van der Waals surface area contributed by atoms with Crippen LogP contribution in [0.25, 0.3) is 0 Å². The molecule has 2 atom stereocenters. The minimum Gasteiger partial charge on any atom is -0.351 e. The minimum absolute atomic E-state index is 0.0852. The van der Waals surface area contributed by atoms with Gasteiger partial charge in [0.15, 0.2) is 0 Å². The van der Waals surface area contributed by atoms with Crippen LogP contribution >= 0.6 is 11.6 Å². The first-order valence-corrected chi connectivity index (χ1v) is 26.6. The molecule has 3 aliphatic rings. The van der Waals surface area contributed by atoms with Crippen molar-refractivity contribution in [3.05, 3.63) is 137 Å². The van der Waals surface area contributed by atoms with Gasteiger partial charge in [0.1, 0.15) is 0 Å². The predicted molar refractivity (Wildman–Crippen MR) is 274 cm³/mol. The van der Waals surface area contributed by atoms with Gasteiger partial charge >= 0.3 is 0 Å². The summed E-state index contributed by atoms with van der Waals surface area (Å²) in [5, 5.41) is 3.85. The number of nitrogens with zero attached hydrogens (tertiary/aromatic N) is 5. The van der Waals surface area contributed by atoms with E-state index in [0.717, 1.165) is 89.6 Å². The van der Waals surface area contributed by atoms with Gasteiger partial charge in [-0.1, -0.05) is 109 Å². The van der Waals surface area contributed by atoms with Crippen LogP contribution in [0.2, 0.25) is 5.02 Å². The summed E-state index contributed by atoms with van der Waals surface area (Å²) in [5.41, 5.74) is 3.73. The topological polar surface area (TPSA) is 79.4 Å². The number of benzene rings is 4. The Morgan fingerprint density at radius 3 is 1.79 bits per heavy atom. The molecule has 1 unspecified atom stereocenters. The van der Waals surface area contributed by atoms with Crippen LogP contribution in [0.15, 0.2) is 120 Å². The third kappa shape index (κ3) is 16.6. The van der Waals surface area contributed by atoms with E-state index < -0.39 is 10.0 Å². The Morgan fingerprint density at radius 2 is 1.21 bits per heavy atom. The maximum absolute atomic E-state index is 13.1. The van der Waals surface area contributed by atoms with Crippen LogP contribution in [0, 0.1) is 5.92 Å². The molecule has 7 rings (SSSR count). The highest BCUT2D eigenvalue weighted by molar-refractivity contribution is 7.89. The molecule has 0 radical (unpaired) electrons. The lowest BCUT2D eigenvalue weighted by atomic mass is 9.92. The minimum atomic E-state index is -3.53. The molecule has 0 aromatic heterocycles. The summed E-state index contributed by atoms with van der Waals surface area (Å²) in [4.78, 5) is 23.1. The fraction of sp³-hybridized carbons (Fsp3) is 0.545. The number of sulfonamides is 1. The molecule has 9 nitrogen and oxygen atoms in total. The average Bonchev–Trinajstić information content (AvgIpc) is 3.32. The largest absolute Gasteiger partial charge is 0.351 e. The first-order chi connectivity index (χ1) is 31.7. The molecule has 4 aromatic rings. The van der Waals surface area contributed by atoms with Gasteiger partial charge in [-0.25, -0.2) is 12.7 Å². The molecule has 11 heteroatoms. The van der Waals surface area contributed by atoms with Gasteiger partial charge in [0, 0.05) is 49.2 Å². The molecule has 3 aliphatic heterocycles. The lowest BCUT2D eigenvalue weighted by Crippen LogP contribution is -2.47. The fourth-order valence-corrected chi connectivity index (χ4v) is 11.5. The molecule has 3 heterocycles. The van der Waals surface area contributed by atoms with Gasteiger partial charge in [0.25, 0.3) is 0 Å². The van der Waals surface area contributed by atoms with Gasteiger partial charge in [0.05, 0.1) is 4.90 Å². The molecule has 0 spiro atoms. The van der Waals surface area contributed by atoms with Crippen molar-refractivity contribution in [1.82, 2.24) is 29.2 Å². The average molecular weight is 940 g/mol. The van der Waals surface area contributed by atoms with Crippen molar-refractivity contribution in [2.24, 2.45) is 5.92 Å². The summed E-state index contributed by atoms with van der Waals surface area (Å²) in [7, 11) is 0.375. The smallest absolute Gasteiger partial charge is 0.242 e. The van der Waals surface area contributed by atoms with E-state index in [1.165, 1.54) is 60.6 Å². The molecule has 3 fully saturated rings. The summed E-state index contributed by atoms with van der Waals surface area (Å²) >= 11 is 6.30. The molecule has 360 valence electrons. The van der Waals surface area contributed by atoms with Crippen molar-refractivity contribution in [3.8, 4) is 0 Å². The van der Waals surface area contributed by atoms with Crippen molar-refractivity contribution in [3.63, 3.8) is 0 Å². The van der Waals surface area contributed by atoms with Crippen molar-refractivity contribution < 1.29 is 13.2 Å². The van der Waals surface area contributed by atoms with E-state index in [0.29, 0.717) is 22.4 Å². The van der Waals surface area contributed by atoms with Gasteiger partial charge < -0.3 is 24.9 Å². The van der Waals surface area contributed by atoms with E-state index in [-0.39, 0.29) is 23.3 Å². The number of amides is 1. The second kappa shape index (κ2) is 25.7. The van der Waals surface area contributed by atoms with Gasteiger partial charge in [-0.2, -0.15) is 0 Å². The quantitative estimate of drug-likeness (QED) is 0.107. The maximum atomic E-state index is 13.1. The van der Waals surface area contributed by atoms with Crippen LogP contribution < -0.4 is 5.32 Å². The second-order valence-corrected chi connectivity index (χ2v) is 22.7. The zero-order valence-corrected chi connectivity index (χ0v) is 42.2. The number of carbonyl (C=O) groups is 1. The fourth-order valence-electron chi connectivity index (χ4n) is 10.1. The maximum Gasteiger partial charge on any atom is 0.242 e. The van der Waals surface area contributed by atoms with Gasteiger partial charge in [-0.05, 0) is 184 Å². The number of rotatable bonds is 18. The van der Waals surface area contributed by atoms with Crippen LogP contribution in [0.1, 0.15) is 107 Å². The number of halogens is 1. The summed E-state index contributed by atoms with van der Waals surface area (Å²) in [6, 6.07) is 39.0. The monoisotopic (exact) mass is 939 g/mol. The SMILES string of the molecule is CN(C[C@@H](CCN1CCC(N2CCCCC2)CC1)c1cccc(Cl)c1)S(=O)(=O)c1ccccc1.CN(Cc1ccccc1)CC(CCN1CCC(C(=O)NC(C)(C)C)CC1)c1ccccc1. The molecular formula is C55H79ClN6O3S. The number of likely N-dealkylation sites (N-methyl/N-ethyl adjacent to an activating group) is 2. The third-order valence-electron chi connectivity index (χ3n) is 13.9. The summed E-state index contributed by atoms with van der Waals surface area (Å²) in [6.45, 7) is 17.5. The second-order valence-electron chi connectivity index (χ2n) is 20.2. The summed E-state index contributed by atoms with van der Waals surface area (Å²) in [5.74, 6) is 0.975. The highest BCUT2D eigenvalue weighted by Gasteiger charge is 2.30. The standard InChI is InChI=1S/C28H41N3O.C27H38ClN3O2S/c1-28(2,3)29-27(32)25-15-18-31(19-16-25)20-17-26(24-13-9-6-10-14-24)22-30(4)21-23-11-7-5-8-12-23;1-29(34(32,33)27-11-4-2-5-12-27)22-24(23-9-8-10-25(28)21-23)13-18-30-19-14-26(15-20-30)31-16-6-3-7-17-31/h5-14,25-26H,15-22H2,1-4H3,(H,29,32);2,4-5,8-12,21,24,26H,3,6-7,13-20,22H2,1H3/t;24-/m.1/s1. The zero-order valence-electron chi connectivity index (χ0n) is 40.7. The molecule has 1 N–H and O–H groups in total. The first kappa shape index (κ1) is 51.8. The number of hydrogen-bond acceptors (Lipinski definition) is 7. The lowest BCUT2D eigenvalue weighted by Gasteiger charge is -2.40. The van der Waals surface area contributed by atoms with Crippen LogP contribution in [0.5, 0.6) is 0 Å². The molecule has 0 saturated carbocycles. The molecule has 66 heavy (non-hydrogen) atoms. The molecule has 1 amide bonds. The predicted octanol–water partition coefficient (Wildman–Crippen LogP) is 10.0. The van der Waals surface area contributed by atoms with Crippen molar-refractivity contribution in [2.75, 3.05) is 79.5 Å². The summed E-state index contributed by atoms with van der Waals surface area (Å²) in [6.07, 6.45) is 10.5. The first-order valence-electron chi connectivity index (χ1n) is 24.8. The van der Waals surface area contributed by atoms with Crippen LogP contribution in [-0.2, 0) is 21.4 Å². The van der Waals surface area contributed by atoms with E-state index in [4.69, 9.17) is 11.6 Å². The van der Waals surface area contributed by atoms with Gasteiger partial charge in [-0.15, -0.1) is 0 Å². The van der Waals surface area contributed by atoms with Crippen LogP contribution in [0.3, 0.4) is 0 Å². The van der Waals surface area contributed by atoms with Crippen molar-refractivity contribution in [2.45, 2.75) is 113 Å². The Kier molecular flexibility index (Phi) is 20.1. The number of nitrogens with one attached hydrogen (secondary N) is 1. The highest BCUT2D eigenvalue weighted by Crippen LogP contribution is 2.29. The van der Waals surface area contributed by atoms with Gasteiger partial charge in [0.2, 0.25) is 15.9 Å². The number of piperidine rings is 3. The van der Waals surface area contributed by atoms with E-state index >= 15 is 0 Å². The number of carbonyl (C=O) groups excluding carboxylic acids is 1. The Labute approximate surface area is 403 Å². The summed E-state index contributed by atoms with van der Waals surface area (Å²) < 4.78 is 27.8. The van der Waals surface area contributed by atoms with Gasteiger partial charge in [-0.3, -0.25) is 4.79 Å². The van der Waals surface area contributed by atoms with Crippen molar-refractivity contribution >= 4 is 27.5 Å². The Balaban J connectivity index is 0.000000219. The highest BCUT2D eigenvalue weighted by atomic mass is 35.5. The molecule has 0 bridgehead atoms. The Morgan fingerprint density at radius 1 is 0.682 bits per heavy atom. The number of hydrogen-bond donors (Lipinski definition) is 1. The van der Waals surface area contributed by atoms with Crippen molar-refractivity contribution in [1.29, 1.82) is 0 Å². The van der Waals surface area contributed by atoms with Crippen LogP contribution in [0.4, 0.5) is 0 Å². The molecular weight excluding hydrogens is 860 g/mol. The van der Waals surface area contributed by atoms with Crippen LogP contribution in [-0.4, -0.2) is 129 Å². The Hall–Kier alpha value is -3.61. The lowest BCUT2D eigenvalue weighted by molar-refractivity contribution is -0.127. The normalized spacial score (nSPS) is 18.4. The molecule has 4 aromatic carbocycles.